The van der Waals surface area contributed by atoms with Gasteiger partial charge in [-0.15, -0.1) is 0 Å². The van der Waals surface area contributed by atoms with E-state index in [4.69, 9.17) is 77.9 Å². The average Bonchev–Trinajstić information content (AvgIpc) is 3.55. The van der Waals surface area contributed by atoms with Crippen LogP contribution in [0, 0.1) is 20.2 Å². The Labute approximate surface area is 364 Å². The van der Waals surface area contributed by atoms with Crippen molar-refractivity contribution in [2.24, 2.45) is 0 Å². The zero-order valence-corrected chi connectivity index (χ0v) is 35.0. The van der Waals surface area contributed by atoms with E-state index < -0.39 is 9.85 Å². The van der Waals surface area contributed by atoms with Gasteiger partial charge in [0.15, 0.2) is 11.5 Å². The molecule has 0 aliphatic carbocycles. The number of nitrogens with one attached hydrogen (secondary N) is 3. The van der Waals surface area contributed by atoms with Gasteiger partial charge in [-0.1, -0.05) is 11.6 Å². The van der Waals surface area contributed by atoms with Gasteiger partial charge >= 0.3 is 17.1 Å². The molecule has 0 aromatic carbocycles. The van der Waals surface area contributed by atoms with Crippen molar-refractivity contribution in [1.82, 2.24) is 49.4 Å². The van der Waals surface area contributed by atoms with Crippen molar-refractivity contribution in [2.45, 2.75) is 56.7 Å². The number of halogens is 5. The molecule has 0 bridgehead atoms. The smallest absolute Gasteiger partial charge is 0.329 e. The maximum Gasteiger partial charge on any atom is 0.329 e. The van der Waals surface area contributed by atoms with Crippen LogP contribution in [0.25, 0.3) is 11.2 Å². The van der Waals surface area contributed by atoms with Crippen molar-refractivity contribution in [1.29, 1.82) is 0 Å². The van der Waals surface area contributed by atoms with E-state index in [2.05, 4.69) is 55.5 Å². The molecule has 0 unspecified atom stereocenters. The summed E-state index contributed by atoms with van der Waals surface area (Å²) in [5, 5.41) is 27.2. The summed E-state index contributed by atoms with van der Waals surface area (Å²) >= 11 is 27.7. The predicted octanol–water partition coefficient (Wildman–Crippen LogP) is 5.75. The zero-order chi connectivity index (χ0) is 43.2. The lowest BCUT2D eigenvalue weighted by molar-refractivity contribution is -0.385. The van der Waals surface area contributed by atoms with Gasteiger partial charge in [-0.3, -0.25) is 24.8 Å². The third-order valence-corrected chi connectivity index (χ3v) is 9.73. The maximum absolute atomic E-state index is 11.9. The van der Waals surface area contributed by atoms with Gasteiger partial charge in [-0.25, -0.2) is 24.7 Å². The molecule has 23 nitrogen and oxygen atoms in total. The number of rotatable bonds is 7. The van der Waals surface area contributed by atoms with Gasteiger partial charge in [0.1, 0.15) is 17.9 Å². The molecule has 28 heteroatoms. The van der Waals surface area contributed by atoms with Crippen LogP contribution in [0.3, 0.4) is 0 Å². The average molecular weight is 936 g/mol. The Balaban J connectivity index is 0.000000154. The Bertz CT molecular complexity index is 2290. The third-order valence-electron chi connectivity index (χ3n) is 8.72. The van der Waals surface area contributed by atoms with E-state index in [1.165, 1.54) is 12.4 Å². The summed E-state index contributed by atoms with van der Waals surface area (Å²) in [7, 11) is 0. The van der Waals surface area contributed by atoms with Crippen LogP contribution in [0.15, 0.2) is 29.6 Å². The van der Waals surface area contributed by atoms with Crippen LogP contribution in [-0.2, 0) is 14.2 Å². The van der Waals surface area contributed by atoms with E-state index in [1.54, 1.807) is 4.57 Å². The normalized spacial score (nSPS) is 15.9. The molecule has 3 aliphatic rings. The molecular formula is C32H36Cl5N15O8. The summed E-state index contributed by atoms with van der Waals surface area (Å²) in [6, 6.07) is 0.594. The second-order valence-electron chi connectivity index (χ2n) is 12.7. The molecule has 5 aromatic heterocycles. The monoisotopic (exact) mass is 933 g/mol. The quantitative estimate of drug-likeness (QED) is 0.0653. The first-order chi connectivity index (χ1) is 28.8. The highest BCUT2D eigenvalue weighted by molar-refractivity contribution is 6.33. The van der Waals surface area contributed by atoms with Gasteiger partial charge in [0, 0.05) is 57.8 Å². The lowest BCUT2D eigenvalue weighted by Gasteiger charge is -2.24. The summed E-state index contributed by atoms with van der Waals surface area (Å²) in [6.07, 6.45) is 10.2. The molecule has 8 heterocycles. The molecular weight excluding hydrogens is 900 g/mol. The number of imidazole rings is 1. The van der Waals surface area contributed by atoms with Crippen molar-refractivity contribution in [2.75, 3.05) is 56.0 Å². The molecule has 5 N–H and O–H groups in total. The van der Waals surface area contributed by atoms with E-state index in [1.807, 2.05) is 0 Å². The number of aromatic amines is 1. The van der Waals surface area contributed by atoms with Crippen LogP contribution in [0.5, 0.6) is 0 Å². The Kier molecular flexibility index (Phi) is 17.4. The van der Waals surface area contributed by atoms with Gasteiger partial charge in [0.2, 0.25) is 32.1 Å². The number of hydrogen-bond donors (Lipinski definition) is 4. The standard InChI is InChI=1S/C10H11ClN4O2.C9H11ClN4O3.C9H13ClN4O.C4HCl2N3O2/c11-9-12-5-7-8(14-9)15(10(16)13-7)6-1-3-17-4-2-6;10-9-11-5-7(14(15)16)8(13-9)12-6-1-3-17-4-2-6;10-9-12-5-7(11)8(14-9)13-6-1-3-15-4-2-6;5-3-2(9(10)11)1-7-4(6)8-3/h5-6H,1-4H2,(H,13,16);5-6H,1-4H2,(H,11,12,13);5-6H,1-4,11H2,(H,12,13,14);1H. The Hall–Kier alpha value is -4.88. The summed E-state index contributed by atoms with van der Waals surface area (Å²) in [4.78, 5) is 64.4. The Morgan fingerprint density at radius 1 is 0.650 bits per heavy atom. The molecule has 3 saturated heterocycles. The first kappa shape index (κ1) is 46.2. The maximum atomic E-state index is 11.9. The molecule has 3 fully saturated rings. The van der Waals surface area contributed by atoms with Crippen molar-refractivity contribution < 1.29 is 24.1 Å². The number of nitro groups is 2. The number of nitrogens with two attached hydrogens (primary N) is 1. The topological polar surface area (TPSA) is 305 Å². The molecule has 0 radical (unpaired) electrons. The fraction of sp³-hybridized carbons (Fsp3) is 0.469. The summed E-state index contributed by atoms with van der Waals surface area (Å²) in [5.41, 5.74) is 6.76. The van der Waals surface area contributed by atoms with E-state index in [0.717, 1.165) is 64.1 Å². The minimum atomic E-state index is -0.682. The number of ether oxygens (including phenoxy) is 3. The lowest BCUT2D eigenvalue weighted by Crippen LogP contribution is -2.28. The van der Waals surface area contributed by atoms with Crippen LogP contribution in [0.1, 0.15) is 44.6 Å². The van der Waals surface area contributed by atoms with Crippen molar-refractivity contribution >= 4 is 97.9 Å². The number of fused-ring (bicyclic) bond motifs is 1. The number of nitrogen functional groups attached to an aromatic ring is 1. The first-order valence-electron chi connectivity index (χ1n) is 18.0. The number of H-pyrrole nitrogens is 1. The van der Waals surface area contributed by atoms with Gasteiger partial charge in [0.25, 0.3) is 0 Å². The van der Waals surface area contributed by atoms with Gasteiger partial charge < -0.3 is 35.6 Å². The van der Waals surface area contributed by atoms with Gasteiger partial charge in [0.05, 0.1) is 27.9 Å². The number of anilines is 3. The van der Waals surface area contributed by atoms with E-state index in [-0.39, 0.29) is 61.3 Å². The summed E-state index contributed by atoms with van der Waals surface area (Å²) in [6.45, 7) is 4.17. The third kappa shape index (κ3) is 13.6. The van der Waals surface area contributed by atoms with E-state index in [9.17, 15) is 25.0 Å². The summed E-state index contributed by atoms with van der Waals surface area (Å²) in [5.74, 6) is 0.781. The summed E-state index contributed by atoms with van der Waals surface area (Å²) < 4.78 is 17.4. The van der Waals surface area contributed by atoms with Gasteiger partial charge in [-0.05, 0) is 84.9 Å². The number of nitrogens with zero attached hydrogens (tertiary/aromatic N) is 11. The van der Waals surface area contributed by atoms with E-state index in [0.29, 0.717) is 55.1 Å². The highest BCUT2D eigenvalue weighted by Gasteiger charge is 2.23. The lowest BCUT2D eigenvalue weighted by atomic mass is 10.1. The molecule has 0 amide bonds. The number of hydrogen-bond acceptors (Lipinski definition) is 19. The Morgan fingerprint density at radius 2 is 1.10 bits per heavy atom. The number of aromatic nitrogens is 10. The highest BCUT2D eigenvalue weighted by atomic mass is 35.5. The van der Waals surface area contributed by atoms with Crippen LogP contribution in [0.2, 0.25) is 26.3 Å². The van der Waals surface area contributed by atoms with Crippen LogP contribution >= 0.6 is 58.0 Å². The molecule has 0 saturated carbocycles. The molecule has 8 rings (SSSR count). The Morgan fingerprint density at radius 3 is 1.65 bits per heavy atom. The molecule has 0 spiro atoms. The zero-order valence-electron chi connectivity index (χ0n) is 31.2. The molecule has 60 heavy (non-hydrogen) atoms. The molecule has 0 atom stereocenters. The van der Waals surface area contributed by atoms with Crippen LogP contribution < -0.4 is 22.1 Å². The van der Waals surface area contributed by atoms with Crippen molar-refractivity contribution in [3.05, 3.63) is 81.8 Å². The SMILES string of the molecule is Nc1cnc(Cl)nc1NC1CCOCC1.O=[N+]([O-])c1cnc(Cl)nc1Cl.O=[N+]([O-])c1cnc(Cl)nc1NC1CCOCC1.O=c1[nH]c2cnc(Cl)nc2n1C1CCOCC1. The van der Waals surface area contributed by atoms with Gasteiger partial charge in [-0.2, -0.15) is 19.9 Å². The first-order valence-corrected chi connectivity index (χ1v) is 19.8. The molecule has 5 aromatic rings. The second-order valence-corrected chi connectivity index (χ2v) is 14.4. The predicted molar refractivity (Wildman–Crippen MR) is 221 cm³/mol. The minimum Gasteiger partial charge on any atom is -0.394 e. The molecule has 322 valence electrons. The fourth-order valence-corrected chi connectivity index (χ4v) is 6.55. The minimum absolute atomic E-state index is 0.00911. The van der Waals surface area contributed by atoms with Crippen molar-refractivity contribution in [3.8, 4) is 0 Å². The van der Waals surface area contributed by atoms with Crippen LogP contribution in [0.4, 0.5) is 28.7 Å². The van der Waals surface area contributed by atoms with Crippen molar-refractivity contribution in [3.63, 3.8) is 0 Å². The molecule has 3 aliphatic heterocycles. The second kappa shape index (κ2) is 22.6. The highest BCUT2D eigenvalue weighted by Crippen LogP contribution is 2.26. The van der Waals surface area contributed by atoms with E-state index >= 15 is 0 Å². The fourth-order valence-electron chi connectivity index (χ4n) is 5.78. The van der Waals surface area contributed by atoms with Crippen LogP contribution in [-0.4, -0.2) is 111 Å². The largest absolute Gasteiger partial charge is 0.394 e.